The summed E-state index contributed by atoms with van der Waals surface area (Å²) in [7, 11) is 0. The minimum Gasteiger partial charge on any atom is -0.340 e. The molecule has 1 aromatic heterocycles. The smallest absolute Gasteiger partial charge is 0.162 e. The number of aryl methyl sites for hydroxylation is 1. The Kier molecular flexibility index (Phi) is 3.67. The van der Waals surface area contributed by atoms with E-state index in [2.05, 4.69) is 30.4 Å². The Morgan fingerprint density at radius 2 is 1.46 bits per heavy atom. The van der Waals surface area contributed by atoms with Crippen molar-refractivity contribution in [1.29, 1.82) is 0 Å². The normalized spacial score (nSPS) is 10.7. The molecule has 4 rings (SSSR count). The highest BCUT2D eigenvalue weighted by Gasteiger charge is 2.10. The molecule has 0 aliphatic carbocycles. The van der Waals surface area contributed by atoms with Crippen LogP contribution >= 0.6 is 0 Å². The summed E-state index contributed by atoms with van der Waals surface area (Å²) < 4.78 is 0. The summed E-state index contributed by atoms with van der Waals surface area (Å²) in [5, 5.41) is 4.44. The van der Waals surface area contributed by atoms with Crippen molar-refractivity contribution in [3.8, 4) is 11.4 Å². The number of hydrogen-bond acceptors (Lipinski definition) is 3. The van der Waals surface area contributed by atoms with Gasteiger partial charge in [0.25, 0.3) is 0 Å². The number of hydrogen-bond donors (Lipinski definition) is 1. The van der Waals surface area contributed by atoms with Crippen LogP contribution in [-0.2, 0) is 0 Å². The number of anilines is 2. The fourth-order valence-electron chi connectivity index (χ4n) is 2.71. The van der Waals surface area contributed by atoms with Crippen LogP contribution < -0.4 is 5.32 Å². The molecule has 0 saturated carbocycles. The van der Waals surface area contributed by atoms with Gasteiger partial charge in [0.1, 0.15) is 5.82 Å². The van der Waals surface area contributed by atoms with E-state index in [4.69, 9.17) is 9.97 Å². The van der Waals surface area contributed by atoms with E-state index in [0.29, 0.717) is 0 Å². The first-order chi connectivity index (χ1) is 11.8. The molecule has 3 aromatic carbocycles. The van der Waals surface area contributed by atoms with E-state index in [1.165, 1.54) is 5.56 Å². The van der Waals surface area contributed by atoms with Crippen molar-refractivity contribution < 1.29 is 0 Å². The molecule has 0 unspecified atom stereocenters. The van der Waals surface area contributed by atoms with Crippen molar-refractivity contribution in [3.05, 3.63) is 84.4 Å². The molecule has 4 aromatic rings. The highest BCUT2D eigenvalue weighted by atomic mass is 15.0. The maximum atomic E-state index is 4.77. The molecule has 116 valence electrons. The van der Waals surface area contributed by atoms with Gasteiger partial charge in [-0.2, -0.15) is 0 Å². The van der Waals surface area contributed by atoms with Crippen molar-refractivity contribution in [1.82, 2.24) is 9.97 Å². The van der Waals surface area contributed by atoms with Gasteiger partial charge in [-0.3, -0.25) is 0 Å². The van der Waals surface area contributed by atoms with Crippen LogP contribution in [0.2, 0.25) is 0 Å². The summed E-state index contributed by atoms with van der Waals surface area (Å²) in [5.74, 6) is 1.55. The predicted molar refractivity (Wildman–Crippen MR) is 99.4 cm³/mol. The third-order valence-corrected chi connectivity index (χ3v) is 3.92. The Bertz CT molecular complexity index is 980. The molecule has 0 aliphatic rings. The van der Waals surface area contributed by atoms with E-state index in [-0.39, 0.29) is 0 Å². The van der Waals surface area contributed by atoms with Crippen LogP contribution in [0.4, 0.5) is 11.5 Å². The zero-order valence-corrected chi connectivity index (χ0v) is 13.4. The molecule has 3 heteroatoms. The van der Waals surface area contributed by atoms with Gasteiger partial charge in [-0.15, -0.1) is 0 Å². The second-order valence-corrected chi connectivity index (χ2v) is 5.77. The first-order valence-corrected chi connectivity index (χ1v) is 7.95. The fraction of sp³-hybridized carbons (Fsp3) is 0.0476. The third kappa shape index (κ3) is 2.84. The van der Waals surface area contributed by atoms with E-state index in [9.17, 15) is 0 Å². The van der Waals surface area contributed by atoms with Crippen molar-refractivity contribution >= 4 is 22.4 Å². The van der Waals surface area contributed by atoms with E-state index >= 15 is 0 Å². The molecule has 0 aliphatic heterocycles. The van der Waals surface area contributed by atoms with Crippen LogP contribution in [-0.4, -0.2) is 9.97 Å². The van der Waals surface area contributed by atoms with Gasteiger partial charge in [-0.1, -0.05) is 54.6 Å². The highest BCUT2D eigenvalue weighted by Crippen LogP contribution is 2.27. The van der Waals surface area contributed by atoms with Crippen LogP contribution in [0.15, 0.2) is 78.9 Å². The molecule has 3 nitrogen and oxygen atoms in total. The van der Waals surface area contributed by atoms with Crippen LogP contribution in [0.1, 0.15) is 5.56 Å². The number of fused-ring (bicyclic) bond motifs is 1. The van der Waals surface area contributed by atoms with Gasteiger partial charge in [0.2, 0.25) is 0 Å². The maximum Gasteiger partial charge on any atom is 0.162 e. The summed E-state index contributed by atoms with van der Waals surface area (Å²) in [6.45, 7) is 2.08. The van der Waals surface area contributed by atoms with Crippen molar-refractivity contribution in [3.63, 3.8) is 0 Å². The minimum atomic E-state index is 0.729. The first kappa shape index (κ1) is 14.4. The van der Waals surface area contributed by atoms with Gasteiger partial charge in [-0.25, -0.2) is 9.97 Å². The molecular formula is C21H17N3. The maximum absolute atomic E-state index is 4.77. The van der Waals surface area contributed by atoms with E-state index in [1.54, 1.807) is 0 Å². The monoisotopic (exact) mass is 311 g/mol. The summed E-state index contributed by atoms with van der Waals surface area (Å²) in [5.41, 5.74) is 4.15. The van der Waals surface area contributed by atoms with Gasteiger partial charge < -0.3 is 5.32 Å². The van der Waals surface area contributed by atoms with Crippen molar-refractivity contribution in [2.75, 3.05) is 5.32 Å². The molecule has 0 fully saturated rings. The van der Waals surface area contributed by atoms with Gasteiger partial charge >= 0.3 is 0 Å². The number of rotatable bonds is 3. The van der Waals surface area contributed by atoms with Gasteiger partial charge in [0.15, 0.2) is 5.82 Å². The average molecular weight is 311 g/mol. The number of benzene rings is 3. The lowest BCUT2D eigenvalue weighted by atomic mass is 10.1. The molecule has 0 amide bonds. The van der Waals surface area contributed by atoms with E-state index in [0.717, 1.165) is 33.8 Å². The minimum absolute atomic E-state index is 0.729. The molecular weight excluding hydrogens is 294 g/mol. The number of nitrogens with one attached hydrogen (secondary N) is 1. The van der Waals surface area contributed by atoms with Crippen molar-refractivity contribution in [2.24, 2.45) is 0 Å². The molecule has 1 N–H and O–H groups in total. The molecule has 0 atom stereocenters. The first-order valence-electron chi connectivity index (χ1n) is 7.95. The average Bonchev–Trinajstić information content (AvgIpc) is 2.63. The Morgan fingerprint density at radius 3 is 2.21 bits per heavy atom. The Balaban J connectivity index is 1.90. The lowest BCUT2D eigenvalue weighted by Crippen LogP contribution is -1.99. The number of nitrogens with zero attached hydrogens (tertiary/aromatic N) is 2. The summed E-state index contributed by atoms with van der Waals surface area (Å²) >= 11 is 0. The lowest BCUT2D eigenvalue weighted by Gasteiger charge is -2.11. The zero-order chi connectivity index (χ0) is 16.4. The molecule has 1 heterocycles. The van der Waals surface area contributed by atoms with Crippen LogP contribution in [0.3, 0.4) is 0 Å². The second kappa shape index (κ2) is 6.13. The Morgan fingerprint density at radius 1 is 0.750 bits per heavy atom. The van der Waals surface area contributed by atoms with Crippen LogP contribution in [0.25, 0.3) is 22.3 Å². The quantitative estimate of drug-likeness (QED) is 0.554. The molecule has 0 bridgehead atoms. The molecule has 24 heavy (non-hydrogen) atoms. The molecule has 0 spiro atoms. The standard InChI is InChI=1S/C21H17N3/c1-15-12-13-18-19(14-15)23-20(16-8-4-2-5-9-16)24-21(18)22-17-10-6-3-7-11-17/h2-14H,1H3,(H,22,23,24). The highest BCUT2D eigenvalue weighted by molar-refractivity contribution is 5.92. The Labute approximate surface area is 141 Å². The van der Waals surface area contributed by atoms with Crippen molar-refractivity contribution in [2.45, 2.75) is 6.92 Å². The second-order valence-electron chi connectivity index (χ2n) is 5.77. The summed E-state index contributed by atoms with van der Waals surface area (Å²) in [6.07, 6.45) is 0. The van der Waals surface area contributed by atoms with Gasteiger partial charge in [-0.05, 0) is 36.8 Å². The lowest BCUT2D eigenvalue weighted by molar-refractivity contribution is 1.22. The SMILES string of the molecule is Cc1ccc2c(Nc3ccccc3)nc(-c3ccccc3)nc2c1. The molecule has 0 radical (unpaired) electrons. The largest absolute Gasteiger partial charge is 0.340 e. The summed E-state index contributed by atoms with van der Waals surface area (Å²) in [6, 6.07) is 26.4. The van der Waals surface area contributed by atoms with Crippen LogP contribution in [0.5, 0.6) is 0 Å². The van der Waals surface area contributed by atoms with E-state index < -0.39 is 0 Å². The van der Waals surface area contributed by atoms with Crippen LogP contribution in [0, 0.1) is 6.92 Å². The zero-order valence-electron chi connectivity index (χ0n) is 13.4. The van der Waals surface area contributed by atoms with Gasteiger partial charge in [0.05, 0.1) is 5.52 Å². The summed E-state index contributed by atoms with van der Waals surface area (Å²) in [4.78, 5) is 9.53. The number of para-hydroxylation sites is 1. The topological polar surface area (TPSA) is 37.8 Å². The Hall–Kier alpha value is -3.20. The number of aromatic nitrogens is 2. The fourth-order valence-corrected chi connectivity index (χ4v) is 2.71. The predicted octanol–water partition coefficient (Wildman–Crippen LogP) is 5.35. The molecule has 0 saturated heterocycles. The van der Waals surface area contributed by atoms with E-state index in [1.807, 2.05) is 60.7 Å². The third-order valence-electron chi connectivity index (χ3n) is 3.92. The van der Waals surface area contributed by atoms with Gasteiger partial charge in [0, 0.05) is 16.6 Å².